The molecule has 1 heterocycles. The Balaban J connectivity index is 1.89. The molecule has 2 nitrogen and oxygen atoms in total. The van der Waals surface area contributed by atoms with Crippen LogP contribution in [0, 0.1) is 5.92 Å². The van der Waals surface area contributed by atoms with Crippen molar-refractivity contribution < 1.29 is 0 Å². The van der Waals surface area contributed by atoms with Gasteiger partial charge >= 0.3 is 0 Å². The smallest absolute Gasteiger partial charge is 0.160 e. The molecule has 0 aliphatic heterocycles. The van der Waals surface area contributed by atoms with Crippen LogP contribution in [0.1, 0.15) is 37.9 Å². The zero-order valence-corrected chi connectivity index (χ0v) is 13.6. The molecule has 0 spiro atoms. The van der Waals surface area contributed by atoms with Crippen LogP contribution in [0.4, 0.5) is 0 Å². The third-order valence-corrected chi connectivity index (χ3v) is 4.91. The molecule has 0 unspecified atom stereocenters. The molecule has 21 heavy (non-hydrogen) atoms. The molecule has 0 saturated carbocycles. The fourth-order valence-electron chi connectivity index (χ4n) is 2.63. The van der Waals surface area contributed by atoms with E-state index in [-0.39, 0.29) is 0 Å². The van der Waals surface area contributed by atoms with Gasteiger partial charge in [-0.3, -0.25) is 0 Å². The minimum Gasteiger partial charge on any atom is -0.233 e. The summed E-state index contributed by atoms with van der Waals surface area (Å²) in [5.41, 5.74) is 3.80. The number of hydrogen-bond donors (Lipinski definition) is 0. The second kappa shape index (κ2) is 6.61. The zero-order chi connectivity index (χ0) is 14.7. The Morgan fingerprint density at radius 1 is 1.10 bits per heavy atom. The molecule has 1 aliphatic rings. The summed E-state index contributed by atoms with van der Waals surface area (Å²) >= 11 is 1.91. The van der Waals surface area contributed by atoms with Gasteiger partial charge < -0.3 is 0 Å². The van der Waals surface area contributed by atoms with E-state index in [4.69, 9.17) is 9.97 Å². The van der Waals surface area contributed by atoms with E-state index >= 15 is 0 Å². The van der Waals surface area contributed by atoms with Crippen molar-refractivity contribution in [2.24, 2.45) is 5.92 Å². The van der Waals surface area contributed by atoms with E-state index in [1.807, 2.05) is 17.8 Å². The Morgan fingerprint density at radius 3 is 2.67 bits per heavy atom. The molecule has 3 rings (SSSR count). The highest BCUT2D eigenvalue weighted by Crippen LogP contribution is 2.32. The average Bonchev–Trinajstić information content (AvgIpc) is 2.96. The predicted octanol–water partition coefficient (Wildman–Crippen LogP) is 4.77. The lowest BCUT2D eigenvalue weighted by Crippen LogP contribution is -2.00. The summed E-state index contributed by atoms with van der Waals surface area (Å²) in [6.45, 7) is 4.56. The number of aromatic nitrogens is 2. The van der Waals surface area contributed by atoms with E-state index in [0.29, 0.717) is 0 Å². The first-order valence-corrected chi connectivity index (χ1v) is 8.80. The molecule has 0 N–H and O–H groups in total. The van der Waals surface area contributed by atoms with Crippen LogP contribution < -0.4 is 0 Å². The van der Waals surface area contributed by atoms with Gasteiger partial charge in [0.05, 0.1) is 0 Å². The molecule has 0 amide bonds. The maximum atomic E-state index is 4.86. The standard InChI is InChI=1S/C18H22N2S/c1-13(2)11-12-21-18-15-9-6-10-16(15)19-17(20-18)14-7-4-3-5-8-14/h3-5,7-8,13H,6,9-12H2,1-2H3. The molecule has 1 aromatic heterocycles. The average molecular weight is 298 g/mol. The van der Waals surface area contributed by atoms with Crippen molar-refractivity contribution in [1.82, 2.24) is 9.97 Å². The lowest BCUT2D eigenvalue weighted by Gasteiger charge is -2.10. The third kappa shape index (κ3) is 3.46. The first-order chi connectivity index (χ1) is 10.2. The van der Waals surface area contributed by atoms with Crippen LogP contribution in [0.25, 0.3) is 11.4 Å². The number of thioether (sulfide) groups is 1. The minimum absolute atomic E-state index is 0.751. The topological polar surface area (TPSA) is 25.8 Å². The van der Waals surface area contributed by atoms with Crippen molar-refractivity contribution in [3.63, 3.8) is 0 Å². The van der Waals surface area contributed by atoms with Gasteiger partial charge in [0.1, 0.15) is 5.03 Å². The number of fused-ring (bicyclic) bond motifs is 1. The van der Waals surface area contributed by atoms with Crippen molar-refractivity contribution in [1.29, 1.82) is 0 Å². The van der Waals surface area contributed by atoms with Crippen LogP contribution >= 0.6 is 11.8 Å². The van der Waals surface area contributed by atoms with Crippen LogP contribution in [0.5, 0.6) is 0 Å². The van der Waals surface area contributed by atoms with Gasteiger partial charge in [-0.05, 0) is 37.4 Å². The van der Waals surface area contributed by atoms with E-state index < -0.39 is 0 Å². The number of aryl methyl sites for hydroxylation is 1. The summed E-state index contributed by atoms with van der Waals surface area (Å²) < 4.78 is 0. The maximum absolute atomic E-state index is 4.86. The van der Waals surface area contributed by atoms with Crippen molar-refractivity contribution in [2.75, 3.05) is 5.75 Å². The molecular formula is C18H22N2S. The molecule has 2 aromatic rings. The Labute approximate surface area is 131 Å². The van der Waals surface area contributed by atoms with Crippen LogP contribution in [0.3, 0.4) is 0 Å². The quantitative estimate of drug-likeness (QED) is 0.587. The number of hydrogen-bond acceptors (Lipinski definition) is 3. The summed E-state index contributed by atoms with van der Waals surface area (Å²) in [5.74, 6) is 2.79. The van der Waals surface area contributed by atoms with Gasteiger partial charge in [-0.15, -0.1) is 11.8 Å². The van der Waals surface area contributed by atoms with E-state index in [9.17, 15) is 0 Å². The Bertz CT molecular complexity index is 608. The van der Waals surface area contributed by atoms with Gasteiger partial charge in [-0.1, -0.05) is 44.2 Å². The van der Waals surface area contributed by atoms with Crippen LogP contribution in [-0.4, -0.2) is 15.7 Å². The lowest BCUT2D eigenvalue weighted by atomic mass is 10.2. The monoisotopic (exact) mass is 298 g/mol. The summed E-state index contributed by atoms with van der Waals surface area (Å²) in [6, 6.07) is 10.3. The van der Waals surface area contributed by atoms with Crippen LogP contribution in [0.15, 0.2) is 35.4 Å². The highest BCUT2D eigenvalue weighted by Gasteiger charge is 2.20. The Kier molecular flexibility index (Phi) is 4.59. The summed E-state index contributed by atoms with van der Waals surface area (Å²) in [4.78, 5) is 9.67. The van der Waals surface area contributed by atoms with Crippen molar-refractivity contribution in [3.05, 3.63) is 41.6 Å². The van der Waals surface area contributed by atoms with E-state index in [1.165, 1.54) is 29.1 Å². The number of nitrogens with zero attached hydrogens (tertiary/aromatic N) is 2. The highest BCUT2D eigenvalue weighted by molar-refractivity contribution is 7.99. The van der Waals surface area contributed by atoms with Gasteiger partial charge in [-0.2, -0.15) is 0 Å². The first kappa shape index (κ1) is 14.6. The summed E-state index contributed by atoms with van der Waals surface area (Å²) in [5, 5.41) is 1.22. The predicted molar refractivity (Wildman–Crippen MR) is 89.7 cm³/mol. The first-order valence-electron chi connectivity index (χ1n) is 7.82. The lowest BCUT2D eigenvalue weighted by molar-refractivity contribution is 0.632. The molecule has 1 aliphatic carbocycles. The van der Waals surface area contributed by atoms with Crippen LogP contribution in [-0.2, 0) is 12.8 Å². The zero-order valence-electron chi connectivity index (χ0n) is 12.8. The van der Waals surface area contributed by atoms with Gasteiger partial charge in [0.15, 0.2) is 5.82 Å². The van der Waals surface area contributed by atoms with E-state index in [1.54, 1.807) is 0 Å². The summed E-state index contributed by atoms with van der Waals surface area (Å²) in [6.07, 6.45) is 4.72. The number of benzene rings is 1. The maximum Gasteiger partial charge on any atom is 0.160 e. The minimum atomic E-state index is 0.751. The summed E-state index contributed by atoms with van der Waals surface area (Å²) in [7, 11) is 0. The normalized spacial score (nSPS) is 13.7. The molecule has 1 aromatic carbocycles. The van der Waals surface area contributed by atoms with Crippen molar-refractivity contribution >= 4 is 11.8 Å². The van der Waals surface area contributed by atoms with Gasteiger partial charge in [0.25, 0.3) is 0 Å². The Hall–Kier alpha value is -1.35. The second-order valence-corrected chi connectivity index (χ2v) is 7.11. The van der Waals surface area contributed by atoms with E-state index in [2.05, 4.69) is 38.1 Å². The molecular weight excluding hydrogens is 276 g/mol. The molecule has 0 atom stereocenters. The fourth-order valence-corrected chi connectivity index (χ4v) is 3.95. The molecule has 0 fully saturated rings. The largest absolute Gasteiger partial charge is 0.233 e. The van der Waals surface area contributed by atoms with E-state index in [0.717, 1.165) is 35.9 Å². The van der Waals surface area contributed by atoms with Crippen LogP contribution in [0.2, 0.25) is 0 Å². The fraction of sp³-hybridized carbons (Fsp3) is 0.444. The number of rotatable bonds is 5. The molecule has 3 heteroatoms. The molecule has 0 saturated heterocycles. The molecule has 110 valence electrons. The highest BCUT2D eigenvalue weighted by atomic mass is 32.2. The molecule has 0 radical (unpaired) electrons. The van der Waals surface area contributed by atoms with Gasteiger partial charge in [0, 0.05) is 16.8 Å². The molecule has 0 bridgehead atoms. The Morgan fingerprint density at radius 2 is 1.90 bits per heavy atom. The third-order valence-electron chi connectivity index (χ3n) is 3.86. The van der Waals surface area contributed by atoms with Crippen molar-refractivity contribution in [2.45, 2.75) is 44.6 Å². The van der Waals surface area contributed by atoms with Gasteiger partial charge in [0.2, 0.25) is 0 Å². The van der Waals surface area contributed by atoms with Gasteiger partial charge in [-0.25, -0.2) is 9.97 Å². The second-order valence-electron chi connectivity index (χ2n) is 6.03. The SMILES string of the molecule is CC(C)CCSc1nc(-c2ccccc2)nc2c1CCC2. The van der Waals surface area contributed by atoms with Crippen molar-refractivity contribution in [3.8, 4) is 11.4 Å².